The molecule has 12 heterocycles. The van der Waals surface area contributed by atoms with E-state index in [0.717, 1.165) is 27.9 Å². The van der Waals surface area contributed by atoms with E-state index in [9.17, 15) is 89.9 Å². The standard InChI is InChI=1S/C27H21FN4O6.C27H22N4O6.2C22H18FN3O4/c1-38-18-5-3-16-12-32(22(34)20(16)21(18)28)13-26(11-19(33)29-23(26)35)8-6-14-2-4-17-15(10-14)7-9-27(17)24(36)30-25(37)31-27;1-37-18-4-3-17-13-31(23(34)19(17)11-18)14-26(24(35)28-25(36)30-26)8-6-15-2-5-20-16(10-15)7-9-27(20)21(32)12-22(33)29-27;1-13-3-4-14(10-24-13)7-8-22(9-17(27)25-21(22)29)12-26-11-15-5-6-16(30-2)19(23)18(15)20(26)28;1-13-14(4-3-9-24-13)7-8-22(10-17(27)25-21(22)29)12-26-11-15-5-6-16(30-2)19(23)18(15)20(26)28/h2-5,10H,7,9,11-13H2,1H3,(H,29,33,35)(H2,30,31,36,37);2-5,10-11H,7,9,12-14H2,1H3,(H,29,33)(H2,28,30,35,36);3-6,10H,9,11-12H2,1-2H3,(H,25,27,29);3-6,9H,10-12H2,1-2H3,(H,25,27,29)/t26-,27?;26-,27+;2*22-/m1111/s1. The van der Waals surface area contributed by atoms with E-state index in [1.807, 2.05) is 13.0 Å². The van der Waals surface area contributed by atoms with Crippen molar-refractivity contribution in [3.63, 3.8) is 0 Å². The molecule has 17 amide bonds. The molecule has 0 bridgehead atoms. The van der Waals surface area contributed by atoms with E-state index in [1.165, 1.54) is 66.2 Å². The number of Topliss-reactive ketones (excluding diaryl/α,β-unsaturated/α-hetero) is 1. The highest BCUT2D eigenvalue weighted by Crippen LogP contribution is 2.45. The van der Waals surface area contributed by atoms with Crippen molar-refractivity contribution in [3.05, 3.63) is 246 Å². The minimum atomic E-state index is -1.63. The number of nitrogens with one attached hydrogen (secondary N) is 8. The quantitative estimate of drug-likeness (QED) is 0.0360. The summed E-state index contributed by atoms with van der Waals surface area (Å²) in [5.41, 5.74) is 1.43. The summed E-state index contributed by atoms with van der Waals surface area (Å²) in [6.07, 6.45) is 4.53. The fourth-order valence-corrected chi connectivity index (χ4v) is 18.7. The SMILES string of the molecule is COc1ccc2c(c1)C(=O)N(C[C@@]1(C#Cc3ccc4c(c3)CC[C@]43NC(=O)CC3=O)NC(=O)NC1=O)C2.COc1ccc2c(c1F)C(=O)N(C[C@@]1(C#Cc3ccc(C)nc3)CC(=O)NC1=O)C2.COc1ccc2c(c1F)C(=O)N(C[C@@]1(C#Cc3ccc4c(c3)CCC43NC(=O)NC3=O)CC(=O)NC1=O)C2.COc1ccc2c(c1F)C(=O)N(C[C@@]1(C#Cc3cccnc3C)CC(=O)NC1=O)C2. The van der Waals surface area contributed by atoms with Crippen molar-refractivity contribution in [3.8, 4) is 70.4 Å². The number of pyridine rings is 2. The first kappa shape index (κ1) is 90.1. The fraction of sp³-hybridized carbons (Fsp3) is 0.286. The van der Waals surface area contributed by atoms with Gasteiger partial charge in [-0.1, -0.05) is 83.8 Å². The molecule has 1 unspecified atom stereocenters. The van der Waals surface area contributed by atoms with Gasteiger partial charge in [0.1, 0.15) is 33.1 Å². The number of amides is 17. The van der Waals surface area contributed by atoms with Crippen LogP contribution in [-0.2, 0) is 98.0 Å². The molecule has 34 nitrogen and oxygen atoms in total. The van der Waals surface area contributed by atoms with Crippen molar-refractivity contribution >= 4 is 94.6 Å². The number of aryl methyl sites for hydroxylation is 4. The fourth-order valence-electron chi connectivity index (χ4n) is 18.7. The number of hydrogen-bond donors (Lipinski definition) is 8. The molecule has 8 N–H and O–H groups in total. The van der Waals surface area contributed by atoms with Crippen molar-refractivity contribution in [2.24, 2.45) is 16.2 Å². The first-order valence-electron chi connectivity index (χ1n) is 42.3. The summed E-state index contributed by atoms with van der Waals surface area (Å²) in [5, 5.41) is 19.5. The molecule has 10 aliphatic heterocycles. The van der Waals surface area contributed by atoms with Crippen LogP contribution < -0.4 is 61.5 Å². The summed E-state index contributed by atoms with van der Waals surface area (Å²) < 4.78 is 64.1. The van der Waals surface area contributed by atoms with Crippen LogP contribution in [0.3, 0.4) is 0 Å². The molecule has 2 aromatic heterocycles. The number of urea groups is 2. The predicted molar refractivity (Wildman–Crippen MR) is 464 cm³/mol. The highest BCUT2D eigenvalue weighted by Gasteiger charge is 2.56. The molecule has 12 aliphatic rings. The van der Waals surface area contributed by atoms with Crippen LogP contribution in [0.25, 0.3) is 0 Å². The number of benzene rings is 6. The van der Waals surface area contributed by atoms with Crippen LogP contribution >= 0.6 is 0 Å². The number of rotatable bonds is 12. The topological polar surface area (TPSA) is 445 Å². The van der Waals surface area contributed by atoms with Gasteiger partial charge in [-0.3, -0.25) is 104 Å². The monoisotopic (exact) mass is 1830 g/mol. The summed E-state index contributed by atoms with van der Waals surface area (Å²) in [6, 6.07) is 30.7. The number of halogens is 3. The van der Waals surface area contributed by atoms with E-state index in [-0.39, 0.29) is 130 Å². The van der Waals surface area contributed by atoms with Crippen LogP contribution in [-0.4, -0.2) is 184 Å². The van der Waals surface area contributed by atoms with Crippen molar-refractivity contribution in [1.82, 2.24) is 72.1 Å². The van der Waals surface area contributed by atoms with Gasteiger partial charge < -0.3 is 54.5 Å². The maximum absolute atomic E-state index is 14.8. The van der Waals surface area contributed by atoms with Crippen LogP contribution in [0.5, 0.6) is 23.0 Å². The Morgan fingerprint density at radius 3 is 1.27 bits per heavy atom. The van der Waals surface area contributed by atoms with Gasteiger partial charge in [0.15, 0.2) is 40.5 Å². The number of fused-ring (bicyclic) bond motifs is 8. The molecule has 682 valence electrons. The molecule has 6 saturated heterocycles. The molecular formula is C98H79F3N14O20. The second-order valence-electron chi connectivity index (χ2n) is 34.2. The lowest BCUT2D eigenvalue weighted by Gasteiger charge is -2.26. The van der Waals surface area contributed by atoms with Crippen molar-refractivity contribution in [2.45, 2.75) is 108 Å². The smallest absolute Gasteiger partial charge is 0.323 e. The first-order chi connectivity index (χ1) is 64.5. The molecule has 135 heavy (non-hydrogen) atoms. The van der Waals surface area contributed by atoms with Crippen LogP contribution in [0.1, 0.15) is 158 Å². The van der Waals surface area contributed by atoms with Crippen LogP contribution in [0.2, 0.25) is 0 Å². The third-order valence-electron chi connectivity index (χ3n) is 25.7. The van der Waals surface area contributed by atoms with E-state index in [1.54, 1.807) is 110 Å². The second kappa shape index (κ2) is 34.8. The van der Waals surface area contributed by atoms with Gasteiger partial charge in [-0.05, 0) is 163 Å². The van der Waals surface area contributed by atoms with Gasteiger partial charge in [0.25, 0.3) is 35.4 Å². The highest BCUT2D eigenvalue weighted by atomic mass is 19.1. The molecule has 20 rings (SSSR count). The summed E-state index contributed by atoms with van der Waals surface area (Å²) >= 11 is 0. The molecule has 8 aromatic rings. The maximum atomic E-state index is 14.8. The van der Waals surface area contributed by atoms with Crippen molar-refractivity contribution < 1.29 is 109 Å². The Bertz CT molecular complexity index is 6980. The first-order valence-corrected chi connectivity index (χ1v) is 42.3. The van der Waals surface area contributed by atoms with Crippen LogP contribution in [0, 0.1) is 94.9 Å². The van der Waals surface area contributed by atoms with Gasteiger partial charge in [-0.2, -0.15) is 0 Å². The Balaban J connectivity index is 0.000000126. The number of imide groups is 5. The van der Waals surface area contributed by atoms with Gasteiger partial charge in [0.2, 0.25) is 46.9 Å². The molecule has 0 radical (unpaired) electrons. The van der Waals surface area contributed by atoms with Gasteiger partial charge >= 0.3 is 12.1 Å². The molecule has 6 aromatic carbocycles. The Labute approximate surface area is 766 Å². The number of ketones is 1. The third-order valence-corrected chi connectivity index (χ3v) is 25.7. The number of hydrogen-bond acceptors (Lipinski definition) is 22. The average Bonchev–Trinajstić information content (AvgIpc) is 1.57. The lowest BCUT2D eigenvalue weighted by atomic mass is 9.85. The Hall–Kier alpha value is -16.8. The van der Waals surface area contributed by atoms with Gasteiger partial charge in [0.05, 0.1) is 83.1 Å². The normalized spacial score (nSPS) is 22.9. The molecule has 0 saturated carbocycles. The Kier molecular flexibility index (Phi) is 23.2. The number of carbonyl (C=O) groups excluding carboxylic acids is 16. The predicted octanol–water partition coefficient (Wildman–Crippen LogP) is 4.52. The number of nitrogens with zero attached hydrogens (tertiary/aromatic N) is 6. The highest BCUT2D eigenvalue weighted by molar-refractivity contribution is 6.14. The van der Waals surface area contributed by atoms with Crippen LogP contribution in [0.15, 0.2) is 128 Å². The minimum absolute atomic E-state index is 0.0284. The average molecular weight is 1830 g/mol. The maximum Gasteiger partial charge on any atom is 0.323 e. The van der Waals surface area contributed by atoms with Gasteiger partial charge in [-0.25, -0.2) is 22.8 Å². The number of methoxy groups -OCH3 is 4. The van der Waals surface area contributed by atoms with Gasteiger partial charge in [0, 0.05) is 91.7 Å². The number of aromatic nitrogens is 2. The summed E-state index contributed by atoms with van der Waals surface area (Å²) in [5.74, 6) is 14.9. The summed E-state index contributed by atoms with van der Waals surface area (Å²) in [7, 11) is 5.46. The Morgan fingerprint density at radius 2 is 0.844 bits per heavy atom. The van der Waals surface area contributed by atoms with E-state index in [4.69, 9.17) is 18.9 Å². The molecular weight excluding hydrogens is 1750 g/mol. The molecule has 6 fully saturated rings. The zero-order valence-electron chi connectivity index (χ0n) is 72.9. The van der Waals surface area contributed by atoms with Crippen LogP contribution in [0.4, 0.5) is 22.8 Å². The Morgan fingerprint density at radius 1 is 0.400 bits per heavy atom. The third kappa shape index (κ3) is 16.4. The second-order valence-corrected chi connectivity index (χ2v) is 34.2. The number of ether oxygens (including phenoxy) is 4. The lowest BCUT2D eigenvalue weighted by molar-refractivity contribution is -0.128. The largest absolute Gasteiger partial charge is 0.497 e. The summed E-state index contributed by atoms with van der Waals surface area (Å²) in [4.78, 5) is 214. The van der Waals surface area contributed by atoms with Gasteiger partial charge in [-0.15, -0.1) is 0 Å². The van der Waals surface area contributed by atoms with Crippen molar-refractivity contribution in [1.29, 1.82) is 0 Å². The molecule has 2 spiro atoms. The van der Waals surface area contributed by atoms with E-state index in [2.05, 4.69) is 99.9 Å². The van der Waals surface area contributed by atoms with E-state index < -0.39 is 127 Å². The zero-order valence-corrected chi connectivity index (χ0v) is 72.9. The van der Waals surface area contributed by atoms with E-state index >= 15 is 0 Å². The number of carbonyl (C=O) groups is 16. The molecule has 37 heteroatoms. The molecule has 6 atom stereocenters. The van der Waals surface area contributed by atoms with Crippen molar-refractivity contribution in [2.75, 3.05) is 54.6 Å². The lowest BCUT2D eigenvalue weighted by Crippen LogP contribution is -2.54. The zero-order chi connectivity index (χ0) is 95.7. The molecule has 2 aliphatic carbocycles. The summed E-state index contributed by atoms with van der Waals surface area (Å²) in [6.45, 7) is 3.59. The van der Waals surface area contributed by atoms with E-state index in [0.29, 0.717) is 87.2 Å². The minimum Gasteiger partial charge on any atom is -0.497 e.